The zero-order valence-corrected chi connectivity index (χ0v) is 10.4. The molecule has 0 aliphatic rings. The van der Waals surface area contributed by atoms with Gasteiger partial charge in [-0.05, 0) is 37.6 Å². The average Bonchev–Trinajstić information content (AvgIpc) is 2.75. The predicted octanol–water partition coefficient (Wildman–Crippen LogP) is 1.92. The molecule has 0 radical (unpaired) electrons. The van der Waals surface area contributed by atoms with Crippen LogP contribution in [0.15, 0.2) is 34.9 Å². The van der Waals surface area contributed by atoms with Crippen molar-refractivity contribution < 1.29 is 0 Å². The van der Waals surface area contributed by atoms with E-state index in [4.69, 9.17) is 5.73 Å². The molecule has 4 nitrogen and oxygen atoms in total. The highest BCUT2D eigenvalue weighted by Gasteiger charge is 2.02. The molecule has 2 N–H and O–H groups in total. The summed E-state index contributed by atoms with van der Waals surface area (Å²) >= 11 is 3.43. The van der Waals surface area contributed by atoms with Gasteiger partial charge in [-0.2, -0.15) is 0 Å². The van der Waals surface area contributed by atoms with Crippen molar-refractivity contribution in [3.05, 3.63) is 40.6 Å². The maximum Gasteiger partial charge on any atom is 0.0832 e. The number of nitrogens with two attached hydrogens (primary N) is 1. The Morgan fingerprint density at radius 2 is 2.25 bits per heavy atom. The van der Waals surface area contributed by atoms with Crippen molar-refractivity contribution in [3.63, 3.8) is 0 Å². The second-order valence-electron chi connectivity index (χ2n) is 3.53. The van der Waals surface area contributed by atoms with Crippen LogP contribution in [0.1, 0.15) is 12.1 Å². The van der Waals surface area contributed by atoms with Gasteiger partial charge in [-0.25, -0.2) is 4.68 Å². The fraction of sp³-hybridized carbons (Fsp3) is 0.273. The maximum atomic E-state index is 5.45. The molecular formula is C11H13BrN4. The van der Waals surface area contributed by atoms with E-state index >= 15 is 0 Å². The van der Waals surface area contributed by atoms with E-state index in [1.165, 1.54) is 0 Å². The van der Waals surface area contributed by atoms with Crippen LogP contribution in [0.2, 0.25) is 0 Å². The smallest absolute Gasteiger partial charge is 0.0832 e. The molecule has 2 rings (SSSR count). The summed E-state index contributed by atoms with van der Waals surface area (Å²) in [6.07, 6.45) is 3.76. The summed E-state index contributed by atoms with van der Waals surface area (Å²) in [6, 6.07) is 7.95. The van der Waals surface area contributed by atoms with Gasteiger partial charge in [0, 0.05) is 4.47 Å². The number of hydrogen-bond donors (Lipinski definition) is 1. The topological polar surface area (TPSA) is 56.7 Å². The van der Waals surface area contributed by atoms with Crippen LogP contribution in [0, 0.1) is 0 Å². The summed E-state index contributed by atoms with van der Waals surface area (Å²) in [6.45, 7) is 0.684. The Morgan fingerprint density at radius 3 is 3.00 bits per heavy atom. The van der Waals surface area contributed by atoms with Gasteiger partial charge in [0.25, 0.3) is 0 Å². The summed E-state index contributed by atoms with van der Waals surface area (Å²) in [5.41, 5.74) is 7.43. The van der Waals surface area contributed by atoms with E-state index in [2.05, 4.69) is 26.2 Å². The number of aryl methyl sites for hydroxylation is 1. The second kappa shape index (κ2) is 5.23. The summed E-state index contributed by atoms with van der Waals surface area (Å²) in [5.74, 6) is 0. The SMILES string of the molecule is NCCCc1cn(-c2cccc(Br)c2)nn1. The van der Waals surface area contributed by atoms with Gasteiger partial charge >= 0.3 is 0 Å². The van der Waals surface area contributed by atoms with E-state index in [0.717, 1.165) is 28.7 Å². The quantitative estimate of drug-likeness (QED) is 0.931. The molecule has 0 saturated carbocycles. The molecule has 0 aliphatic heterocycles. The fourth-order valence-corrected chi connectivity index (χ4v) is 1.83. The average molecular weight is 281 g/mol. The van der Waals surface area contributed by atoms with E-state index in [0.29, 0.717) is 6.54 Å². The van der Waals surface area contributed by atoms with Gasteiger partial charge in [-0.1, -0.05) is 27.2 Å². The number of rotatable bonds is 4. The zero-order chi connectivity index (χ0) is 11.4. The van der Waals surface area contributed by atoms with Gasteiger partial charge in [-0.15, -0.1) is 5.10 Å². The van der Waals surface area contributed by atoms with Gasteiger partial charge in [0.1, 0.15) is 0 Å². The Kier molecular flexibility index (Phi) is 3.69. The number of halogens is 1. The molecule has 16 heavy (non-hydrogen) atoms. The van der Waals surface area contributed by atoms with Crippen molar-refractivity contribution >= 4 is 15.9 Å². The first-order chi connectivity index (χ1) is 7.79. The molecule has 1 aromatic heterocycles. The molecule has 84 valence electrons. The van der Waals surface area contributed by atoms with Crippen molar-refractivity contribution in [2.75, 3.05) is 6.54 Å². The van der Waals surface area contributed by atoms with Crippen LogP contribution in [-0.4, -0.2) is 21.5 Å². The third kappa shape index (κ3) is 2.68. The monoisotopic (exact) mass is 280 g/mol. The predicted molar refractivity (Wildman–Crippen MR) is 66.4 cm³/mol. The Labute approximate surface area is 103 Å². The molecular weight excluding hydrogens is 268 g/mol. The Balaban J connectivity index is 2.18. The molecule has 0 unspecified atom stereocenters. The fourth-order valence-electron chi connectivity index (χ4n) is 1.44. The maximum absolute atomic E-state index is 5.45. The van der Waals surface area contributed by atoms with E-state index in [1.807, 2.05) is 30.5 Å². The standard InChI is InChI=1S/C11H13BrN4/c12-9-3-1-5-11(7-9)16-8-10(14-15-16)4-2-6-13/h1,3,5,7-8H,2,4,6,13H2. The molecule has 0 amide bonds. The lowest BCUT2D eigenvalue weighted by molar-refractivity contribution is 0.778. The normalized spacial score (nSPS) is 10.6. The Morgan fingerprint density at radius 1 is 1.38 bits per heavy atom. The number of hydrogen-bond acceptors (Lipinski definition) is 3. The van der Waals surface area contributed by atoms with Crippen LogP contribution < -0.4 is 5.73 Å². The number of aromatic nitrogens is 3. The molecule has 1 aromatic carbocycles. The van der Waals surface area contributed by atoms with Crippen molar-refractivity contribution in [2.24, 2.45) is 5.73 Å². The minimum atomic E-state index is 0.684. The molecule has 0 spiro atoms. The van der Waals surface area contributed by atoms with Gasteiger partial charge in [-0.3, -0.25) is 0 Å². The van der Waals surface area contributed by atoms with Crippen molar-refractivity contribution in [3.8, 4) is 5.69 Å². The van der Waals surface area contributed by atoms with Crippen LogP contribution >= 0.6 is 15.9 Å². The third-order valence-electron chi connectivity index (χ3n) is 2.25. The van der Waals surface area contributed by atoms with Crippen LogP contribution in [0.3, 0.4) is 0 Å². The first kappa shape index (κ1) is 11.3. The van der Waals surface area contributed by atoms with Gasteiger partial charge in [0.2, 0.25) is 0 Å². The van der Waals surface area contributed by atoms with Crippen LogP contribution in [0.4, 0.5) is 0 Å². The highest BCUT2D eigenvalue weighted by Crippen LogP contribution is 2.14. The van der Waals surface area contributed by atoms with E-state index in [9.17, 15) is 0 Å². The molecule has 0 aliphatic carbocycles. The second-order valence-corrected chi connectivity index (χ2v) is 4.44. The molecule has 0 atom stereocenters. The minimum Gasteiger partial charge on any atom is -0.330 e. The molecule has 5 heteroatoms. The molecule has 0 fully saturated rings. The van der Waals surface area contributed by atoms with Crippen LogP contribution in [-0.2, 0) is 6.42 Å². The lowest BCUT2D eigenvalue weighted by Crippen LogP contribution is -2.00. The Bertz CT molecular complexity index is 467. The summed E-state index contributed by atoms with van der Waals surface area (Å²) in [5, 5.41) is 8.19. The van der Waals surface area contributed by atoms with Crippen LogP contribution in [0.25, 0.3) is 5.69 Å². The van der Waals surface area contributed by atoms with Crippen molar-refractivity contribution in [2.45, 2.75) is 12.8 Å². The minimum absolute atomic E-state index is 0.684. The largest absolute Gasteiger partial charge is 0.330 e. The number of benzene rings is 1. The van der Waals surface area contributed by atoms with Crippen LogP contribution in [0.5, 0.6) is 0 Å². The van der Waals surface area contributed by atoms with E-state index in [1.54, 1.807) is 4.68 Å². The number of nitrogens with zero attached hydrogens (tertiary/aromatic N) is 3. The lowest BCUT2D eigenvalue weighted by Gasteiger charge is -1.99. The van der Waals surface area contributed by atoms with Crippen molar-refractivity contribution in [1.82, 2.24) is 15.0 Å². The van der Waals surface area contributed by atoms with Gasteiger partial charge < -0.3 is 5.73 Å². The molecule has 1 heterocycles. The zero-order valence-electron chi connectivity index (χ0n) is 8.81. The summed E-state index contributed by atoms with van der Waals surface area (Å²) in [7, 11) is 0. The first-order valence-electron chi connectivity index (χ1n) is 5.17. The summed E-state index contributed by atoms with van der Waals surface area (Å²) in [4.78, 5) is 0. The highest BCUT2D eigenvalue weighted by atomic mass is 79.9. The third-order valence-corrected chi connectivity index (χ3v) is 2.74. The summed E-state index contributed by atoms with van der Waals surface area (Å²) < 4.78 is 2.81. The van der Waals surface area contributed by atoms with Gasteiger partial charge in [0.05, 0.1) is 17.6 Å². The Hall–Kier alpha value is -1.20. The van der Waals surface area contributed by atoms with E-state index in [-0.39, 0.29) is 0 Å². The lowest BCUT2D eigenvalue weighted by atomic mass is 10.2. The van der Waals surface area contributed by atoms with E-state index < -0.39 is 0 Å². The molecule has 2 aromatic rings. The highest BCUT2D eigenvalue weighted by molar-refractivity contribution is 9.10. The molecule has 0 bridgehead atoms. The molecule has 0 saturated heterocycles. The first-order valence-corrected chi connectivity index (χ1v) is 5.96. The van der Waals surface area contributed by atoms with Crippen molar-refractivity contribution in [1.29, 1.82) is 0 Å². The van der Waals surface area contributed by atoms with Gasteiger partial charge in [0.15, 0.2) is 0 Å².